The summed E-state index contributed by atoms with van der Waals surface area (Å²) >= 11 is 7.58. The molecular formula is C12H15ClN2OS. The van der Waals surface area contributed by atoms with Crippen LogP contribution >= 0.6 is 23.4 Å². The minimum absolute atomic E-state index is 0.00830. The van der Waals surface area contributed by atoms with Crippen LogP contribution in [0, 0.1) is 0 Å². The van der Waals surface area contributed by atoms with Crippen LogP contribution in [0.1, 0.15) is 19.8 Å². The number of amides is 1. The second kappa shape index (κ2) is 4.78. The molecule has 5 heteroatoms. The fourth-order valence-corrected chi connectivity index (χ4v) is 3.23. The summed E-state index contributed by atoms with van der Waals surface area (Å²) in [4.78, 5) is 12.2. The molecule has 1 fully saturated rings. The molecule has 0 aromatic heterocycles. The Morgan fingerprint density at radius 3 is 3.00 bits per heavy atom. The number of carbonyl (C=O) groups is 1. The van der Waals surface area contributed by atoms with Gasteiger partial charge in [-0.3, -0.25) is 4.79 Å². The van der Waals surface area contributed by atoms with Crippen molar-refractivity contribution in [2.45, 2.75) is 24.5 Å². The van der Waals surface area contributed by atoms with Gasteiger partial charge < -0.3 is 11.1 Å². The van der Waals surface area contributed by atoms with E-state index in [0.717, 1.165) is 18.6 Å². The van der Waals surface area contributed by atoms with E-state index in [9.17, 15) is 4.79 Å². The molecule has 0 saturated carbocycles. The van der Waals surface area contributed by atoms with E-state index in [1.54, 1.807) is 30.0 Å². The fourth-order valence-electron chi connectivity index (χ4n) is 1.85. The van der Waals surface area contributed by atoms with E-state index in [2.05, 4.69) is 5.32 Å². The van der Waals surface area contributed by atoms with E-state index in [1.807, 2.05) is 6.92 Å². The second-order valence-corrected chi connectivity index (χ2v) is 6.40. The fraction of sp³-hybridized carbons (Fsp3) is 0.417. The molecule has 1 amide bonds. The average Bonchev–Trinajstić information content (AvgIpc) is 2.72. The van der Waals surface area contributed by atoms with Gasteiger partial charge in [0.05, 0.1) is 16.1 Å². The molecule has 1 aliphatic heterocycles. The van der Waals surface area contributed by atoms with Crippen molar-refractivity contribution in [2.75, 3.05) is 16.8 Å². The van der Waals surface area contributed by atoms with Crippen LogP contribution in [-0.4, -0.2) is 16.4 Å². The van der Waals surface area contributed by atoms with E-state index in [-0.39, 0.29) is 10.7 Å². The van der Waals surface area contributed by atoms with E-state index in [1.165, 1.54) is 0 Å². The van der Waals surface area contributed by atoms with Crippen molar-refractivity contribution in [3.63, 3.8) is 0 Å². The van der Waals surface area contributed by atoms with Crippen LogP contribution in [0.15, 0.2) is 18.2 Å². The van der Waals surface area contributed by atoms with Gasteiger partial charge >= 0.3 is 0 Å². The van der Waals surface area contributed by atoms with Gasteiger partial charge in [0.1, 0.15) is 0 Å². The van der Waals surface area contributed by atoms with Crippen molar-refractivity contribution in [3.05, 3.63) is 23.2 Å². The zero-order chi connectivity index (χ0) is 12.5. The molecule has 1 aromatic carbocycles. The van der Waals surface area contributed by atoms with Gasteiger partial charge in [-0.05, 0) is 43.7 Å². The molecule has 1 saturated heterocycles. The van der Waals surface area contributed by atoms with Crippen molar-refractivity contribution in [1.82, 2.24) is 0 Å². The third-order valence-corrected chi connectivity index (χ3v) is 4.72. The molecule has 1 atom stereocenters. The largest absolute Gasteiger partial charge is 0.397 e. The predicted octanol–water partition coefficient (Wildman–Crippen LogP) is 3.15. The molecule has 0 bridgehead atoms. The molecule has 17 heavy (non-hydrogen) atoms. The van der Waals surface area contributed by atoms with Crippen LogP contribution in [0.25, 0.3) is 0 Å². The van der Waals surface area contributed by atoms with Gasteiger partial charge in [0.15, 0.2) is 0 Å². The summed E-state index contributed by atoms with van der Waals surface area (Å²) in [5.74, 6) is 1.04. The van der Waals surface area contributed by atoms with Crippen LogP contribution in [0.5, 0.6) is 0 Å². The molecule has 2 rings (SSSR count). The zero-order valence-electron chi connectivity index (χ0n) is 9.63. The summed E-state index contributed by atoms with van der Waals surface area (Å²) in [6, 6.07) is 5.08. The molecule has 1 unspecified atom stereocenters. The van der Waals surface area contributed by atoms with Crippen molar-refractivity contribution >= 4 is 40.6 Å². The lowest BCUT2D eigenvalue weighted by Crippen LogP contribution is -2.34. The van der Waals surface area contributed by atoms with Crippen molar-refractivity contribution in [2.24, 2.45) is 0 Å². The smallest absolute Gasteiger partial charge is 0.240 e. The molecule has 0 spiro atoms. The van der Waals surface area contributed by atoms with Crippen LogP contribution in [-0.2, 0) is 4.79 Å². The molecule has 0 aliphatic carbocycles. The second-order valence-electron chi connectivity index (χ2n) is 4.37. The van der Waals surface area contributed by atoms with E-state index < -0.39 is 0 Å². The number of rotatable bonds is 2. The number of nitrogens with one attached hydrogen (secondary N) is 1. The number of halogens is 1. The lowest BCUT2D eigenvalue weighted by atomic mass is 10.0. The first-order valence-corrected chi connectivity index (χ1v) is 6.88. The first-order valence-electron chi connectivity index (χ1n) is 5.52. The summed E-state index contributed by atoms with van der Waals surface area (Å²) in [6.45, 7) is 1.97. The first kappa shape index (κ1) is 12.6. The monoisotopic (exact) mass is 270 g/mol. The molecule has 3 N–H and O–H groups in total. The Hall–Kier alpha value is -0.870. The van der Waals surface area contributed by atoms with E-state index in [0.29, 0.717) is 16.4 Å². The summed E-state index contributed by atoms with van der Waals surface area (Å²) in [6.07, 6.45) is 1.99. The summed E-state index contributed by atoms with van der Waals surface area (Å²) in [5.41, 5.74) is 6.93. The standard InChI is InChI=1S/C12H15ClN2OS/c1-12(5-2-6-17-12)11(16)15-10-7-8(13)3-4-9(10)14/h3-4,7H,2,5-6,14H2,1H3,(H,15,16). The van der Waals surface area contributed by atoms with Gasteiger partial charge in [-0.15, -0.1) is 11.8 Å². The number of carbonyl (C=O) groups excluding carboxylic acids is 1. The van der Waals surface area contributed by atoms with Gasteiger partial charge in [0, 0.05) is 5.02 Å². The minimum atomic E-state index is -0.339. The Bertz CT molecular complexity index is 444. The number of anilines is 2. The lowest BCUT2D eigenvalue weighted by Gasteiger charge is -2.22. The number of benzene rings is 1. The summed E-state index contributed by atoms with van der Waals surface area (Å²) < 4.78 is -0.339. The Morgan fingerprint density at radius 2 is 2.35 bits per heavy atom. The Kier molecular flexibility index (Phi) is 3.54. The van der Waals surface area contributed by atoms with Crippen LogP contribution in [0.4, 0.5) is 11.4 Å². The average molecular weight is 271 g/mol. The highest BCUT2D eigenvalue weighted by Gasteiger charge is 2.37. The number of nitrogen functional groups attached to an aromatic ring is 1. The molecule has 1 aromatic rings. The summed E-state index contributed by atoms with van der Waals surface area (Å²) in [5, 5.41) is 3.43. The maximum atomic E-state index is 12.2. The van der Waals surface area contributed by atoms with Crippen molar-refractivity contribution < 1.29 is 4.79 Å². The Morgan fingerprint density at radius 1 is 1.59 bits per heavy atom. The normalized spacial score (nSPS) is 23.6. The summed E-state index contributed by atoms with van der Waals surface area (Å²) in [7, 11) is 0. The zero-order valence-corrected chi connectivity index (χ0v) is 11.2. The highest BCUT2D eigenvalue weighted by atomic mass is 35.5. The van der Waals surface area contributed by atoms with Crippen LogP contribution < -0.4 is 11.1 Å². The van der Waals surface area contributed by atoms with E-state index in [4.69, 9.17) is 17.3 Å². The highest BCUT2D eigenvalue weighted by Crippen LogP contribution is 2.39. The molecule has 1 aliphatic rings. The minimum Gasteiger partial charge on any atom is -0.397 e. The quantitative estimate of drug-likeness (QED) is 0.812. The van der Waals surface area contributed by atoms with Gasteiger partial charge in [-0.25, -0.2) is 0 Å². The molecule has 92 valence electrons. The topological polar surface area (TPSA) is 55.1 Å². The van der Waals surface area contributed by atoms with Crippen molar-refractivity contribution in [3.8, 4) is 0 Å². The number of thioether (sulfide) groups is 1. The van der Waals surface area contributed by atoms with Crippen LogP contribution in [0.3, 0.4) is 0 Å². The third kappa shape index (κ3) is 2.69. The lowest BCUT2D eigenvalue weighted by molar-refractivity contribution is -0.118. The number of hydrogen-bond donors (Lipinski definition) is 2. The predicted molar refractivity (Wildman–Crippen MR) is 74.6 cm³/mol. The van der Waals surface area contributed by atoms with Gasteiger partial charge in [-0.1, -0.05) is 11.6 Å². The van der Waals surface area contributed by atoms with Gasteiger partial charge in [0.2, 0.25) is 5.91 Å². The Balaban J connectivity index is 2.15. The maximum Gasteiger partial charge on any atom is 0.240 e. The van der Waals surface area contributed by atoms with Gasteiger partial charge in [-0.2, -0.15) is 0 Å². The highest BCUT2D eigenvalue weighted by molar-refractivity contribution is 8.01. The number of hydrogen-bond acceptors (Lipinski definition) is 3. The Labute approximate surface area is 110 Å². The SMILES string of the molecule is CC1(C(=O)Nc2cc(Cl)ccc2N)CCCS1. The number of nitrogens with two attached hydrogens (primary N) is 1. The van der Waals surface area contributed by atoms with E-state index >= 15 is 0 Å². The molecular weight excluding hydrogens is 256 g/mol. The van der Waals surface area contributed by atoms with Crippen LogP contribution in [0.2, 0.25) is 5.02 Å². The third-order valence-electron chi connectivity index (χ3n) is 2.96. The first-order chi connectivity index (χ1) is 8.01. The molecule has 0 radical (unpaired) electrons. The van der Waals surface area contributed by atoms with Crippen molar-refractivity contribution in [1.29, 1.82) is 0 Å². The molecule has 1 heterocycles. The molecule has 3 nitrogen and oxygen atoms in total. The van der Waals surface area contributed by atoms with Gasteiger partial charge in [0.25, 0.3) is 0 Å². The maximum absolute atomic E-state index is 12.2.